The summed E-state index contributed by atoms with van der Waals surface area (Å²) in [6.45, 7) is 5.06. The van der Waals surface area contributed by atoms with Gasteiger partial charge in [0.25, 0.3) is 0 Å². The zero-order chi connectivity index (χ0) is 29.5. The first kappa shape index (κ1) is 25.9. The molecular weight excluding hydrogens is 536 g/mol. The van der Waals surface area contributed by atoms with Gasteiger partial charge < -0.3 is 13.9 Å². The third kappa shape index (κ3) is 4.47. The summed E-state index contributed by atoms with van der Waals surface area (Å²) < 4.78 is 8.72. The van der Waals surface area contributed by atoms with Crippen LogP contribution in [0.1, 0.15) is 5.56 Å². The molecule has 2 aromatic heterocycles. The fourth-order valence-corrected chi connectivity index (χ4v) is 6.26. The number of hydrogen-bond donors (Lipinski definition) is 0. The minimum absolute atomic E-state index is 0.767. The smallest absolute Gasteiger partial charge is 0.134 e. The fraction of sp³-hybridized carbons (Fsp3) is 0.0244. The van der Waals surface area contributed by atoms with E-state index in [0.717, 1.165) is 57.4 Å². The first-order valence-corrected chi connectivity index (χ1v) is 14.9. The lowest BCUT2D eigenvalue weighted by atomic mass is 10.0. The van der Waals surface area contributed by atoms with Gasteiger partial charge >= 0.3 is 0 Å². The van der Waals surface area contributed by atoms with Gasteiger partial charge in [-0.25, -0.2) is 0 Å². The van der Waals surface area contributed by atoms with Crippen molar-refractivity contribution in [1.29, 1.82) is 0 Å². The molecule has 7 aromatic rings. The van der Waals surface area contributed by atoms with Crippen molar-refractivity contribution in [3.63, 3.8) is 0 Å². The molecule has 0 unspecified atom stereocenters. The molecule has 210 valence electrons. The monoisotopic (exact) mass is 566 g/mol. The van der Waals surface area contributed by atoms with E-state index in [1.54, 1.807) is 0 Å². The highest BCUT2D eigenvalue weighted by molar-refractivity contribution is 6.09. The fourth-order valence-electron chi connectivity index (χ4n) is 6.26. The van der Waals surface area contributed by atoms with Gasteiger partial charge in [-0.15, -0.1) is 0 Å². The highest BCUT2D eigenvalue weighted by Gasteiger charge is 2.16. The summed E-state index contributed by atoms with van der Waals surface area (Å²) in [4.78, 5) is 2.32. The van der Waals surface area contributed by atoms with Crippen LogP contribution in [0.15, 0.2) is 169 Å². The Kier molecular flexibility index (Phi) is 6.35. The zero-order valence-corrected chi connectivity index (χ0v) is 24.2. The van der Waals surface area contributed by atoms with E-state index in [1.165, 1.54) is 21.8 Å². The summed E-state index contributed by atoms with van der Waals surface area (Å²) >= 11 is 0. The van der Waals surface area contributed by atoms with E-state index >= 15 is 0 Å². The van der Waals surface area contributed by atoms with Gasteiger partial charge in [-0.2, -0.15) is 0 Å². The average Bonchev–Trinajstić information content (AvgIpc) is 3.72. The molecule has 0 amide bonds. The molecule has 44 heavy (non-hydrogen) atoms. The van der Waals surface area contributed by atoms with Crippen molar-refractivity contribution in [2.45, 2.75) is 0 Å². The second-order valence-electron chi connectivity index (χ2n) is 11.1. The molecule has 0 atom stereocenters. The van der Waals surface area contributed by atoms with Crippen molar-refractivity contribution >= 4 is 38.8 Å². The molecule has 0 N–H and O–H groups in total. The van der Waals surface area contributed by atoms with Crippen molar-refractivity contribution in [3.05, 3.63) is 170 Å². The topological polar surface area (TPSA) is 21.3 Å². The number of benzene rings is 5. The van der Waals surface area contributed by atoms with Crippen LogP contribution in [0.25, 0.3) is 55.7 Å². The molecule has 8 rings (SSSR count). The molecule has 5 aromatic carbocycles. The minimum Gasteiger partial charge on any atom is -0.456 e. The summed E-state index contributed by atoms with van der Waals surface area (Å²) in [5.74, 6) is 1.70. The molecule has 0 spiro atoms. The van der Waals surface area contributed by atoms with Crippen LogP contribution in [0, 0.1) is 0 Å². The van der Waals surface area contributed by atoms with Crippen LogP contribution in [-0.2, 0) is 0 Å². The van der Waals surface area contributed by atoms with Crippen molar-refractivity contribution in [1.82, 2.24) is 4.57 Å². The van der Waals surface area contributed by atoms with Crippen LogP contribution in [0.3, 0.4) is 0 Å². The Morgan fingerprint density at radius 3 is 1.77 bits per heavy atom. The number of furan rings is 1. The normalized spacial score (nSPS) is 14.6. The number of rotatable bonds is 4. The van der Waals surface area contributed by atoms with E-state index in [9.17, 15) is 0 Å². The van der Waals surface area contributed by atoms with Crippen molar-refractivity contribution in [3.8, 4) is 28.3 Å². The molecule has 1 aliphatic rings. The molecular formula is C41H30N2O. The van der Waals surface area contributed by atoms with Crippen molar-refractivity contribution in [2.24, 2.45) is 0 Å². The van der Waals surface area contributed by atoms with E-state index < -0.39 is 0 Å². The third-order valence-electron chi connectivity index (χ3n) is 8.43. The SMILES string of the molecule is C=C1/C=C\C=C/CN(c2ccc(-c3ccc(-c4ccc(-n5c6ccccc6c6ccccc65)cc4)o3)cc2)c2ccccc21. The Morgan fingerprint density at radius 2 is 1.11 bits per heavy atom. The zero-order valence-electron chi connectivity index (χ0n) is 24.2. The molecule has 1 aliphatic heterocycles. The van der Waals surface area contributed by atoms with Crippen LogP contribution in [0.5, 0.6) is 0 Å². The lowest BCUT2D eigenvalue weighted by Gasteiger charge is -2.26. The summed E-state index contributed by atoms with van der Waals surface area (Å²) in [7, 11) is 0. The minimum atomic E-state index is 0.767. The third-order valence-corrected chi connectivity index (χ3v) is 8.43. The largest absolute Gasteiger partial charge is 0.456 e. The molecule has 0 bridgehead atoms. The molecule has 0 saturated heterocycles. The number of fused-ring (bicyclic) bond motifs is 4. The van der Waals surface area contributed by atoms with Crippen LogP contribution in [0.2, 0.25) is 0 Å². The van der Waals surface area contributed by atoms with E-state index in [4.69, 9.17) is 4.42 Å². The van der Waals surface area contributed by atoms with E-state index in [0.29, 0.717) is 0 Å². The van der Waals surface area contributed by atoms with Gasteiger partial charge in [0.05, 0.1) is 11.0 Å². The number of para-hydroxylation sites is 3. The standard InChI is InChI=1S/C41H30N2O/c1-29-11-3-2-10-28-42(37-15-7-4-12-34(29)37)32-22-18-30(19-23-32)40-26-27-41(44-40)31-20-24-33(25-21-31)43-38-16-8-5-13-35(38)36-14-6-9-17-39(36)43/h2-27H,1,28H2/b10-2-,11-3-. The molecule has 3 heteroatoms. The quantitative estimate of drug-likeness (QED) is 0.211. The lowest BCUT2D eigenvalue weighted by molar-refractivity contribution is 0.597. The van der Waals surface area contributed by atoms with Crippen LogP contribution < -0.4 is 4.90 Å². The Bertz CT molecular complexity index is 2150. The summed E-state index contributed by atoms with van der Waals surface area (Å²) in [5.41, 5.74) is 10.0. The first-order valence-electron chi connectivity index (χ1n) is 14.9. The van der Waals surface area contributed by atoms with Gasteiger partial charge in [0, 0.05) is 51.1 Å². The Morgan fingerprint density at radius 1 is 0.545 bits per heavy atom. The van der Waals surface area contributed by atoms with E-state index in [-0.39, 0.29) is 0 Å². The van der Waals surface area contributed by atoms with Crippen LogP contribution in [-0.4, -0.2) is 11.1 Å². The number of hydrogen-bond acceptors (Lipinski definition) is 2. The maximum Gasteiger partial charge on any atom is 0.134 e. The second kappa shape index (κ2) is 10.8. The van der Waals surface area contributed by atoms with Crippen LogP contribution in [0.4, 0.5) is 11.4 Å². The Balaban J connectivity index is 1.08. The average molecular weight is 567 g/mol. The number of nitrogens with zero attached hydrogens (tertiary/aromatic N) is 2. The molecule has 0 radical (unpaired) electrons. The van der Waals surface area contributed by atoms with Crippen molar-refractivity contribution in [2.75, 3.05) is 11.4 Å². The molecule has 0 aliphatic carbocycles. The van der Waals surface area contributed by atoms with Crippen molar-refractivity contribution < 1.29 is 4.42 Å². The van der Waals surface area contributed by atoms with E-state index in [2.05, 4.69) is 174 Å². The summed E-state index contributed by atoms with van der Waals surface area (Å²) in [5, 5.41) is 2.53. The molecule has 0 saturated carbocycles. The lowest BCUT2D eigenvalue weighted by Crippen LogP contribution is -2.18. The predicted molar refractivity (Wildman–Crippen MR) is 185 cm³/mol. The van der Waals surface area contributed by atoms with Gasteiger partial charge in [0.15, 0.2) is 0 Å². The first-order chi connectivity index (χ1) is 21.7. The molecule has 3 nitrogen and oxygen atoms in total. The number of anilines is 2. The maximum atomic E-state index is 6.38. The molecule has 0 fully saturated rings. The van der Waals surface area contributed by atoms with E-state index in [1.807, 2.05) is 0 Å². The highest BCUT2D eigenvalue weighted by atomic mass is 16.3. The van der Waals surface area contributed by atoms with Gasteiger partial charge in [0.1, 0.15) is 11.5 Å². The summed E-state index contributed by atoms with van der Waals surface area (Å²) in [6, 6.07) is 47.0. The van der Waals surface area contributed by atoms with Crippen LogP contribution >= 0.6 is 0 Å². The number of allylic oxidation sites excluding steroid dienone is 4. The maximum absolute atomic E-state index is 6.38. The highest BCUT2D eigenvalue weighted by Crippen LogP contribution is 2.36. The summed E-state index contributed by atoms with van der Waals surface area (Å²) in [6.07, 6.45) is 8.37. The molecule has 3 heterocycles. The number of aromatic nitrogens is 1. The van der Waals surface area contributed by atoms with Gasteiger partial charge in [-0.05, 0) is 84.4 Å². The van der Waals surface area contributed by atoms with Gasteiger partial charge in [-0.3, -0.25) is 0 Å². The Labute approximate surface area is 256 Å². The Hall–Kier alpha value is -5.80. The van der Waals surface area contributed by atoms with Gasteiger partial charge in [0.2, 0.25) is 0 Å². The van der Waals surface area contributed by atoms with Gasteiger partial charge in [-0.1, -0.05) is 85.5 Å². The second-order valence-corrected chi connectivity index (χ2v) is 11.1. The predicted octanol–water partition coefficient (Wildman–Crippen LogP) is 11.0.